The molecule has 0 radical (unpaired) electrons. The summed E-state index contributed by atoms with van der Waals surface area (Å²) in [4.78, 5) is 40.4. The van der Waals surface area contributed by atoms with E-state index in [1.165, 1.54) is 18.1 Å². The van der Waals surface area contributed by atoms with Crippen LogP contribution >= 0.6 is 0 Å². The summed E-state index contributed by atoms with van der Waals surface area (Å²) in [5.41, 5.74) is 1.53. The maximum absolute atomic E-state index is 13.5. The lowest BCUT2D eigenvalue weighted by Crippen LogP contribution is -2.29. The van der Waals surface area contributed by atoms with E-state index < -0.39 is 23.7 Å². The molecule has 1 N–H and O–H groups in total. The fraction of sp³-hybridized carbons (Fsp3) is 0.100. The minimum Gasteiger partial charge on any atom is -0.507 e. The van der Waals surface area contributed by atoms with Crippen molar-refractivity contribution in [2.45, 2.75) is 6.04 Å². The number of Topliss-reactive ketones (excluding diaryl/α,β-unsaturated/α-hetero) is 1. The van der Waals surface area contributed by atoms with Gasteiger partial charge in [0.25, 0.3) is 11.7 Å². The Bertz CT molecular complexity index is 1570. The Morgan fingerprint density at radius 1 is 0.865 bits per heavy atom. The van der Waals surface area contributed by atoms with Crippen LogP contribution in [-0.4, -0.2) is 37.0 Å². The van der Waals surface area contributed by atoms with E-state index in [0.29, 0.717) is 22.6 Å². The third kappa shape index (κ3) is 4.10. The molecule has 1 heterocycles. The van der Waals surface area contributed by atoms with E-state index in [1.807, 2.05) is 30.3 Å². The topological polar surface area (TPSA) is 93.1 Å². The molecular formula is C30H23NO6. The molecule has 1 atom stereocenters. The minimum absolute atomic E-state index is 0.0463. The largest absolute Gasteiger partial charge is 0.507 e. The SMILES string of the molecule is COC(=O)c1cccc(N2C(=O)C(=O)/C(=C(\O)c3cccc4ccccc34)C2c2ccc(OC)cc2)c1. The van der Waals surface area contributed by atoms with Gasteiger partial charge in [0.05, 0.1) is 31.4 Å². The molecule has 0 spiro atoms. The standard InChI is InChI=1S/C30H23NO6/c1-36-22-15-13-19(14-16-22)26-25(27(32)24-12-6-8-18-7-3-4-11-23(18)24)28(33)29(34)31(26)21-10-5-9-20(17-21)30(35)37-2/h3-17,26,32H,1-2H3/b27-25-. The number of ketones is 1. The average Bonchev–Trinajstić information content (AvgIpc) is 3.21. The van der Waals surface area contributed by atoms with Crippen LogP contribution in [-0.2, 0) is 14.3 Å². The van der Waals surface area contributed by atoms with Crippen LogP contribution in [0.2, 0.25) is 0 Å². The molecule has 0 aromatic heterocycles. The number of benzene rings is 4. The van der Waals surface area contributed by atoms with Gasteiger partial charge in [0.1, 0.15) is 11.5 Å². The zero-order valence-corrected chi connectivity index (χ0v) is 20.2. The number of amides is 1. The molecule has 4 aromatic rings. The van der Waals surface area contributed by atoms with Gasteiger partial charge in [-0.3, -0.25) is 14.5 Å². The maximum Gasteiger partial charge on any atom is 0.337 e. The number of nitrogens with zero attached hydrogens (tertiary/aromatic N) is 1. The van der Waals surface area contributed by atoms with Gasteiger partial charge < -0.3 is 14.6 Å². The number of aliphatic hydroxyl groups excluding tert-OH is 1. The first-order valence-electron chi connectivity index (χ1n) is 11.6. The molecular weight excluding hydrogens is 470 g/mol. The molecule has 4 aromatic carbocycles. The quantitative estimate of drug-likeness (QED) is 0.176. The molecule has 0 aliphatic carbocycles. The Morgan fingerprint density at radius 2 is 1.57 bits per heavy atom. The molecule has 37 heavy (non-hydrogen) atoms. The fourth-order valence-electron chi connectivity index (χ4n) is 4.68. The predicted octanol–water partition coefficient (Wildman–Crippen LogP) is 5.26. The van der Waals surface area contributed by atoms with E-state index in [0.717, 1.165) is 10.8 Å². The highest BCUT2D eigenvalue weighted by molar-refractivity contribution is 6.51. The fourth-order valence-corrected chi connectivity index (χ4v) is 4.68. The molecule has 1 unspecified atom stereocenters. The van der Waals surface area contributed by atoms with Crippen LogP contribution in [0.5, 0.6) is 5.75 Å². The monoisotopic (exact) mass is 493 g/mol. The van der Waals surface area contributed by atoms with E-state index in [1.54, 1.807) is 61.7 Å². The number of rotatable bonds is 5. The van der Waals surface area contributed by atoms with E-state index in [9.17, 15) is 19.5 Å². The van der Waals surface area contributed by atoms with Gasteiger partial charge in [-0.1, -0.05) is 60.7 Å². The van der Waals surface area contributed by atoms with Gasteiger partial charge >= 0.3 is 5.97 Å². The molecule has 0 saturated carbocycles. The molecule has 1 aliphatic rings. The smallest absolute Gasteiger partial charge is 0.337 e. The van der Waals surface area contributed by atoms with Crippen LogP contribution in [0, 0.1) is 0 Å². The van der Waals surface area contributed by atoms with Crippen molar-refractivity contribution in [3.05, 3.63) is 113 Å². The van der Waals surface area contributed by atoms with Gasteiger partial charge in [-0.25, -0.2) is 4.79 Å². The first-order valence-corrected chi connectivity index (χ1v) is 11.6. The zero-order chi connectivity index (χ0) is 26.1. The van der Waals surface area contributed by atoms with Crippen molar-refractivity contribution >= 4 is 39.9 Å². The lowest BCUT2D eigenvalue weighted by Gasteiger charge is -2.26. The Kier molecular flexibility index (Phi) is 6.19. The number of carbonyl (C=O) groups excluding carboxylic acids is 3. The lowest BCUT2D eigenvalue weighted by molar-refractivity contribution is -0.132. The second-order valence-electron chi connectivity index (χ2n) is 8.51. The summed E-state index contributed by atoms with van der Waals surface area (Å²) in [6, 6.07) is 25.2. The predicted molar refractivity (Wildman–Crippen MR) is 140 cm³/mol. The first kappa shape index (κ1) is 23.8. The van der Waals surface area contributed by atoms with E-state index in [2.05, 4.69) is 0 Å². The molecule has 0 bridgehead atoms. The van der Waals surface area contributed by atoms with Crippen molar-refractivity contribution in [1.82, 2.24) is 0 Å². The van der Waals surface area contributed by atoms with Crippen molar-refractivity contribution in [3.63, 3.8) is 0 Å². The third-order valence-electron chi connectivity index (χ3n) is 6.47. The van der Waals surface area contributed by atoms with Crippen LogP contribution in [0.4, 0.5) is 5.69 Å². The van der Waals surface area contributed by atoms with E-state index >= 15 is 0 Å². The number of hydrogen-bond donors (Lipinski definition) is 1. The molecule has 1 amide bonds. The number of fused-ring (bicyclic) bond motifs is 1. The van der Waals surface area contributed by atoms with E-state index in [-0.39, 0.29) is 16.9 Å². The summed E-state index contributed by atoms with van der Waals surface area (Å²) in [7, 11) is 2.81. The van der Waals surface area contributed by atoms with Gasteiger partial charge in [-0.05, 0) is 46.7 Å². The van der Waals surface area contributed by atoms with Crippen LogP contribution in [0.3, 0.4) is 0 Å². The summed E-state index contributed by atoms with van der Waals surface area (Å²) in [5, 5.41) is 13.2. The second-order valence-corrected chi connectivity index (χ2v) is 8.51. The Hall–Kier alpha value is -4.91. The number of hydrogen-bond acceptors (Lipinski definition) is 6. The average molecular weight is 494 g/mol. The minimum atomic E-state index is -0.947. The summed E-state index contributed by atoms with van der Waals surface area (Å²) in [5.74, 6) is -1.89. The van der Waals surface area contributed by atoms with Crippen molar-refractivity contribution in [3.8, 4) is 5.75 Å². The summed E-state index contributed by atoms with van der Waals surface area (Å²) in [6.45, 7) is 0. The molecule has 5 rings (SSSR count). The molecule has 7 heteroatoms. The molecule has 1 fully saturated rings. The van der Waals surface area contributed by atoms with Gasteiger partial charge in [-0.15, -0.1) is 0 Å². The van der Waals surface area contributed by atoms with Crippen molar-refractivity contribution in [2.75, 3.05) is 19.1 Å². The summed E-state index contributed by atoms with van der Waals surface area (Å²) >= 11 is 0. The number of anilines is 1. The van der Waals surface area contributed by atoms with Crippen molar-refractivity contribution in [1.29, 1.82) is 0 Å². The highest BCUT2D eigenvalue weighted by atomic mass is 16.5. The highest BCUT2D eigenvalue weighted by Crippen LogP contribution is 2.43. The third-order valence-corrected chi connectivity index (χ3v) is 6.47. The van der Waals surface area contributed by atoms with Gasteiger partial charge in [0.2, 0.25) is 0 Å². The van der Waals surface area contributed by atoms with E-state index in [4.69, 9.17) is 9.47 Å². The number of ether oxygens (including phenoxy) is 2. The number of aliphatic hydroxyl groups is 1. The number of methoxy groups -OCH3 is 2. The number of carbonyl (C=O) groups is 3. The Labute approximate surface area is 213 Å². The van der Waals surface area contributed by atoms with Crippen molar-refractivity contribution in [2.24, 2.45) is 0 Å². The van der Waals surface area contributed by atoms with Gasteiger partial charge in [-0.2, -0.15) is 0 Å². The molecule has 1 saturated heterocycles. The van der Waals surface area contributed by atoms with Gasteiger partial charge in [0.15, 0.2) is 0 Å². The Balaban J connectivity index is 1.75. The lowest BCUT2D eigenvalue weighted by atomic mass is 9.93. The van der Waals surface area contributed by atoms with Crippen LogP contribution in [0.25, 0.3) is 16.5 Å². The van der Waals surface area contributed by atoms with Crippen LogP contribution in [0.15, 0.2) is 96.6 Å². The molecule has 7 nitrogen and oxygen atoms in total. The number of esters is 1. The summed E-state index contributed by atoms with van der Waals surface area (Å²) in [6.07, 6.45) is 0. The molecule has 184 valence electrons. The van der Waals surface area contributed by atoms with Crippen LogP contribution in [0.1, 0.15) is 27.5 Å². The highest BCUT2D eigenvalue weighted by Gasteiger charge is 2.47. The maximum atomic E-state index is 13.5. The molecule has 1 aliphatic heterocycles. The van der Waals surface area contributed by atoms with Crippen molar-refractivity contribution < 1.29 is 29.0 Å². The second kappa shape index (κ2) is 9.62. The zero-order valence-electron chi connectivity index (χ0n) is 20.2. The normalized spacial score (nSPS) is 16.7. The van der Waals surface area contributed by atoms with Gasteiger partial charge in [0, 0.05) is 11.3 Å². The van der Waals surface area contributed by atoms with Crippen LogP contribution < -0.4 is 9.64 Å². The first-order chi connectivity index (χ1) is 17.9. The summed E-state index contributed by atoms with van der Waals surface area (Å²) < 4.78 is 10.1. The Morgan fingerprint density at radius 3 is 2.30 bits per heavy atom.